The van der Waals surface area contributed by atoms with Crippen molar-refractivity contribution in [2.24, 2.45) is 0 Å². The molecule has 3 N–H and O–H groups in total. The summed E-state index contributed by atoms with van der Waals surface area (Å²) in [5, 5.41) is 15.1. The molecule has 1 aliphatic rings. The quantitative estimate of drug-likeness (QED) is 0.742. The van der Waals surface area contributed by atoms with Crippen LogP contribution in [0.15, 0.2) is 18.2 Å². The predicted molar refractivity (Wildman–Crippen MR) is 61.6 cm³/mol. The number of benzene rings is 1. The Balaban J connectivity index is 1.97. The van der Waals surface area contributed by atoms with Crippen LogP contribution in [0.3, 0.4) is 0 Å². The van der Waals surface area contributed by atoms with Gasteiger partial charge in [-0.25, -0.2) is 4.39 Å². The van der Waals surface area contributed by atoms with Crippen molar-refractivity contribution in [1.29, 1.82) is 0 Å². The van der Waals surface area contributed by atoms with Crippen molar-refractivity contribution >= 4 is 17.5 Å². The number of rotatable bonds is 3. The number of halogens is 2. The van der Waals surface area contributed by atoms with E-state index in [0.717, 1.165) is 6.07 Å². The molecule has 1 aliphatic heterocycles. The van der Waals surface area contributed by atoms with E-state index in [1.54, 1.807) is 0 Å². The molecule has 1 saturated heterocycles. The van der Waals surface area contributed by atoms with Crippen LogP contribution in [0.2, 0.25) is 5.02 Å². The van der Waals surface area contributed by atoms with Gasteiger partial charge in [-0.3, -0.25) is 4.79 Å². The zero-order valence-corrected chi connectivity index (χ0v) is 9.72. The molecule has 4 nitrogen and oxygen atoms in total. The lowest BCUT2D eigenvalue weighted by Crippen LogP contribution is -2.64. The van der Waals surface area contributed by atoms with Crippen LogP contribution in [0, 0.1) is 5.82 Å². The molecule has 1 heterocycles. The first-order valence-electron chi connectivity index (χ1n) is 5.17. The molecule has 0 aromatic heterocycles. The Morgan fingerprint density at radius 3 is 2.82 bits per heavy atom. The second-order valence-corrected chi connectivity index (χ2v) is 4.55. The topological polar surface area (TPSA) is 61.4 Å². The van der Waals surface area contributed by atoms with Gasteiger partial charge in [0.2, 0.25) is 0 Å². The fraction of sp³-hybridized carbons (Fsp3) is 0.364. The molecule has 0 aliphatic carbocycles. The summed E-state index contributed by atoms with van der Waals surface area (Å²) >= 11 is 5.57. The maximum atomic E-state index is 12.9. The van der Waals surface area contributed by atoms with Gasteiger partial charge in [0, 0.05) is 25.2 Å². The van der Waals surface area contributed by atoms with E-state index in [1.165, 1.54) is 12.1 Å². The normalized spacial score (nSPS) is 17.4. The summed E-state index contributed by atoms with van der Waals surface area (Å²) in [6, 6.07) is 3.74. The van der Waals surface area contributed by atoms with Crippen molar-refractivity contribution in [2.45, 2.75) is 5.60 Å². The number of aliphatic hydroxyl groups is 1. The van der Waals surface area contributed by atoms with Gasteiger partial charge in [0.1, 0.15) is 11.4 Å². The first-order chi connectivity index (χ1) is 8.00. The van der Waals surface area contributed by atoms with Crippen LogP contribution >= 0.6 is 11.6 Å². The first-order valence-corrected chi connectivity index (χ1v) is 5.54. The molecule has 17 heavy (non-hydrogen) atoms. The second kappa shape index (κ2) is 4.60. The molecular formula is C11H12ClFN2O2. The Kier molecular flexibility index (Phi) is 3.33. The lowest BCUT2D eigenvalue weighted by atomic mass is 9.97. The number of carbonyl (C=O) groups excluding carboxylic acids is 1. The minimum Gasteiger partial charge on any atom is -0.385 e. The Bertz CT molecular complexity index is 449. The molecule has 1 amide bonds. The van der Waals surface area contributed by atoms with Crippen molar-refractivity contribution in [3.63, 3.8) is 0 Å². The zero-order chi connectivity index (χ0) is 12.5. The smallest absolute Gasteiger partial charge is 0.251 e. The van der Waals surface area contributed by atoms with Gasteiger partial charge in [0.25, 0.3) is 5.91 Å². The van der Waals surface area contributed by atoms with Crippen molar-refractivity contribution < 1.29 is 14.3 Å². The molecule has 6 heteroatoms. The summed E-state index contributed by atoms with van der Waals surface area (Å²) in [4.78, 5) is 11.7. The molecule has 1 aromatic carbocycles. The van der Waals surface area contributed by atoms with E-state index in [2.05, 4.69) is 10.6 Å². The number of carbonyl (C=O) groups is 1. The van der Waals surface area contributed by atoms with Crippen LogP contribution in [0.4, 0.5) is 4.39 Å². The van der Waals surface area contributed by atoms with Gasteiger partial charge in [0.05, 0.1) is 5.02 Å². The summed E-state index contributed by atoms with van der Waals surface area (Å²) in [5.74, 6) is -0.947. The maximum absolute atomic E-state index is 12.9. The second-order valence-electron chi connectivity index (χ2n) is 4.14. The third kappa shape index (κ3) is 2.74. The summed E-state index contributed by atoms with van der Waals surface area (Å²) in [6.45, 7) is 1.07. The average Bonchev–Trinajstić information content (AvgIpc) is 2.27. The van der Waals surface area contributed by atoms with Crippen LogP contribution in [-0.2, 0) is 0 Å². The molecule has 1 fully saturated rings. The summed E-state index contributed by atoms with van der Waals surface area (Å²) in [5.41, 5.74) is -0.605. The number of β-amino-alcohol motifs (C(OH)–C–C–N with tert-alkyl or cyclic N) is 1. The SMILES string of the molecule is O=C(NCC1(O)CNC1)c1ccc(F)c(Cl)c1. The van der Waals surface area contributed by atoms with Crippen LogP contribution in [0.5, 0.6) is 0 Å². The minimum atomic E-state index is -0.876. The third-order valence-corrected chi connectivity index (χ3v) is 2.96. The Labute approximate surface area is 103 Å². The first kappa shape index (κ1) is 12.3. The molecule has 0 radical (unpaired) electrons. The lowest BCUT2D eigenvalue weighted by Gasteiger charge is -2.37. The van der Waals surface area contributed by atoms with E-state index in [4.69, 9.17) is 11.6 Å². The van der Waals surface area contributed by atoms with Crippen molar-refractivity contribution in [3.8, 4) is 0 Å². The van der Waals surface area contributed by atoms with Crippen LogP contribution in [-0.4, -0.2) is 36.2 Å². The Morgan fingerprint density at radius 2 is 2.29 bits per heavy atom. The third-order valence-electron chi connectivity index (χ3n) is 2.67. The van der Waals surface area contributed by atoms with Gasteiger partial charge in [-0.05, 0) is 18.2 Å². The highest BCUT2D eigenvalue weighted by molar-refractivity contribution is 6.31. The minimum absolute atomic E-state index is 0.0957. The highest BCUT2D eigenvalue weighted by Crippen LogP contribution is 2.16. The molecule has 0 spiro atoms. The lowest BCUT2D eigenvalue weighted by molar-refractivity contribution is -0.00759. The van der Waals surface area contributed by atoms with Crippen LogP contribution in [0.25, 0.3) is 0 Å². The number of hydrogen-bond donors (Lipinski definition) is 3. The monoisotopic (exact) mass is 258 g/mol. The molecule has 0 bridgehead atoms. The molecule has 1 aromatic rings. The molecule has 0 atom stereocenters. The van der Waals surface area contributed by atoms with E-state index >= 15 is 0 Å². The molecule has 0 unspecified atom stereocenters. The summed E-state index contributed by atoms with van der Waals surface area (Å²) in [7, 11) is 0. The number of amides is 1. The molecule has 92 valence electrons. The Morgan fingerprint density at radius 1 is 1.59 bits per heavy atom. The van der Waals surface area contributed by atoms with E-state index < -0.39 is 11.4 Å². The number of hydrogen-bond acceptors (Lipinski definition) is 3. The zero-order valence-electron chi connectivity index (χ0n) is 8.96. The predicted octanol–water partition coefficient (Wildman–Crippen LogP) is 0.543. The van der Waals surface area contributed by atoms with E-state index in [-0.39, 0.29) is 23.0 Å². The van der Waals surface area contributed by atoms with Crippen molar-refractivity contribution in [1.82, 2.24) is 10.6 Å². The van der Waals surface area contributed by atoms with Crippen LogP contribution < -0.4 is 10.6 Å². The van der Waals surface area contributed by atoms with Gasteiger partial charge >= 0.3 is 0 Å². The van der Waals surface area contributed by atoms with Crippen molar-refractivity contribution in [2.75, 3.05) is 19.6 Å². The number of nitrogens with one attached hydrogen (secondary N) is 2. The van der Waals surface area contributed by atoms with E-state index in [1.807, 2.05) is 0 Å². The molecule has 2 rings (SSSR count). The maximum Gasteiger partial charge on any atom is 0.251 e. The van der Waals surface area contributed by atoms with E-state index in [9.17, 15) is 14.3 Å². The van der Waals surface area contributed by atoms with Gasteiger partial charge in [-0.15, -0.1) is 0 Å². The van der Waals surface area contributed by atoms with Gasteiger partial charge in [-0.2, -0.15) is 0 Å². The van der Waals surface area contributed by atoms with Gasteiger partial charge < -0.3 is 15.7 Å². The van der Waals surface area contributed by atoms with E-state index in [0.29, 0.717) is 13.1 Å². The average molecular weight is 259 g/mol. The highest BCUT2D eigenvalue weighted by Gasteiger charge is 2.34. The van der Waals surface area contributed by atoms with Crippen LogP contribution in [0.1, 0.15) is 10.4 Å². The standard InChI is InChI=1S/C11H12ClFN2O2/c12-8-3-7(1-2-9(8)13)10(16)15-6-11(17)4-14-5-11/h1-3,14,17H,4-6H2,(H,15,16). The summed E-state index contributed by atoms with van der Waals surface area (Å²) < 4.78 is 12.9. The Hall–Kier alpha value is -1.17. The van der Waals surface area contributed by atoms with Gasteiger partial charge in [-0.1, -0.05) is 11.6 Å². The highest BCUT2D eigenvalue weighted by atomic mass is 35.5. The molecule has 0 saturated carbocycles. The largest absolute Gasteiger partial charge is 0.385 e. The summed E-state index contributed by atoms with van der Waals surface area (Å²) in [6.07, 6.45) is 0. The van der Waals surface area contributed by atoms with Gasteiger partial charge in [0.15, 0.2) is 0 Å². The fourth-order valence-corrected chi connectivity index (χ4v) is 1.70. The fourth-order valence-electron chi connectivity index (χ4n) is 1.52. The van der Waals surface area contributed by atoms with Crippen molar-refractivity contribution in [3.05, 3.63) is 34.6 Å². The molecular weight excluding hydrogens is 247 g/mol.